The van der Waals surface area contributed by atoms with Crippen molar-refractivity contribution in [3.8, 4) is 11.3 Å². The summed E-state index contributed by atoms with van der Waals surface area (Å²) in [5, 5.41) is 7.55. The van der Waals surface area contributed by atoms with Crippen molar-refractivity contribution in [2.75, 3.05) is 0 Å². The zero-order valence-electron chi connectivity index (χ0n) is 13.8. The van der Waals surface area contributed by atoms with Crippen LogP contribution in [0.4, 0.5) is 0 Å². The number of furan rings is 1. The lowest BCUT2D eigenvalue weighted by atomic mass is 10.1. The van der Waals surface area contributed by atoms with Gasteiger partial charge in [-0.1, -0.05) is 30.3 Å². The average Bonchev–Trinajstić information content (AvgIpc) is 3.10. The number of rotatable bonds is 5. The lowest BCUT2D eigenvalue weighted by molar-refractivity contribution is 0.574. The second-order valence-electron chi connectivity index (χ2n) is 5.39. The van der Waals surface area contributed by atoms with Crippen molar-refractivity contribution in [1.29, 1.82) is 0 Å². The van der Waals surface area contributed by atoms with Crippen molar-refractivity contribution in [1.82, 2.24) is 15.7 Å². The molecule has 0 saturated heterocycles. The molecule has 0 aliphatic carbocycles. The first kappa shape index (κ1) is 16.9. The van der Waals surface area contributed by atoms with Crippen LogP contribution in [0.25, 0.3) is 11.3 Å². The van der Waals surface area contributed by atoms with E-state index in [2.05, 4.69) is 33.8 Å². The number of hydrogen-bond donors (Lipinski definition) is 2. The molecule has 3 rings (SSSR count). The van der Waals surface area contributed by atoms with Crippen molar-refractivity contribution in [2.45, 2.75) is 13.5 Å². The number of nitrogens with zero attached hydrogens (tertiary/aromatic N) is 2. The molecule has 0 bridgehead atoms. The second-order valence-corrected chi connectivity index (χ2v) is 5.80. The first-order valence-electron chi connectivity index (χ1n) is 7.85. The smallest absolute Gasteiger partial charge is 0.187 e. The third-order valence-corrected chi connectivity index (χ3v) is 3.79. The summed E-state index contributed by atoms with van der Waals surface area (Å²) in [5.74, 6) is 1.47. The maximum absolute atomic E-state index is 5.80. The Hall–Kier alpha value is -2.99. The van der Waals surface area contributed by atoms with E-state index >= 15 is 0 Å². The van der Waals surface area contributed by atoms with Crippen molar-refractivity contribution < 1.29 is 4.42 Å². The van der Waals surface area contributed by atoms with Gasteiger partial charge in [-0.15, -0.1) is 0 Å². The molecule has 6 heteroatoms. The highest BCUT2D eigenvalue weighted by atomic mass is 32.1. The number of thiocarbonyl (C=S) groups is 1. The molecule has 0 fully saturated rings. The van der Waals surface area contributed by atoms with Crippen LogP contribution in [0.5, 0.6) is 0 Å². The van der Waals surface area contributed by atoms with Crippen LogP contribution in [0.2, 0.25) is 0 Å². The zero-order chi connectivity index (χ0) is 17.5. The minimum atomic E-state index is 0.424. The van der Waals surface area contributed by atoms with E-state index in [0.29, 0.717) is 17.4 Å². The second kappa shape index (κ2) is 8.21. The third-order valence-electron chi connectivity index (χ3n) is 3.55. The number of pyridine rings is 1. The van der Waals surface area contributed by atoms with E-state index < -0.39 is 0 Å². The molecule has 0 aliphatic rings. The van der Waals surface area contributed by atoms with Crippen LogP contribution in [-0.2, 0) is 6.54 Å². The van der Waals surface area contributed by atoms with Crippen molar-refractivity contribution in [3.63, 3.8) is 0 Å². The summed E-state index contributed by atoms with van der Waals surface area (Å²) in [7, 11) is 0. The summed E-state index contributed by atoms with van der Waals surface area (Å²) in [5.41, 5.74) is 5.91. The van der Waals surface area contributed by atoms with E-state index in [1.165, 1.54) is 5.56 Å². The topological polar surface area (TPSA) is 62.5 Å². The Morgan fingerprint density at radius 1 is 1.16 bits per heavy atom. The molecule has 126 valence electrons. The normalized spacial score (nSPS) is 10.8. The Balaban J connectivity index is 1.53. The molecule has 0 spiro atoms. The van der Waals surface area contributed by atoms with Gasteiger partial charge in [-0.2, -0.15) is 5.10 Å². The number of aromatic nitrogens is 1. The fourth-order valence-corrected chi connectivity index (χ4v) is 2.41. The highest BCUT2D eigenvalue weighted by Gasteiger charge is 2.05. The summed E-state index contributed by atoms with van der Waals surface area (Å²) >= 11 is 5.17. The first-order valence-corrected chi connectivity index (χ1v) is 8.26. The molecule has 0 amide bonds. The van der Waals surface area contributed by atoms with Crippen molar-refractivity contribution >= 4 is 23.5 Å². The van der Waals surface area contributed by atoms with Gasteiger partial charge >= 0.3 is 0 Å². The van der Waals surface area contributed by atoms with Gasteiger partial charge in [-0.3, -0.25) is 10.4 Å². The Kier molecular flexibility index (Phi) is 5.53. The molecule has 25 heavy (non-hydrogen) atoms. The minimum absolute atomic E-state index is 0.424. The van der Waals surface area contributed by atoms with Crippen molar-refractivity contribution in [3.05, 3.63) is 77.8 Å². The Morgan fingerprint density at radius 3 is 2.80 bits per heavy atom. The molecule has 0 atom stereocenters. The number of hydrogen-bond acceptors (Lipinski definition) is 4. The maximum Gasteiger partial charge on any atom is 0.187 e. The van der Waals surface area contributed by atoms with Crippen LogP contribution in [0, 0.1) is 6.92 Å². The predicted molar refractivity (Wildman–Crippen MR) is 103 cm³/mol. The molecular formula is C19H18N4OS. The van der Waals surface area contributed by atoms with Gasteiger partial charge in [0.25, 0.3) is 0 Å². The molecule has 0 radical (unpaired) electrons. The Morgan fingerprint density at radius 2 is 2.00 bits per heavy atom. The van der Waals surface area contributed by atoms with Crippen LogP contribution in [0.3, 0.4) is 0 Å². The van der Waals surface area contributed by atoms with Crippen molar-refractivity contribution in [2.24, 2.45) is 5.10 Å². The fraction of sp³-hybridized carbons (Fsp3) is 0.105. The maximum atomic E-state index is 5.80. The lowest BCUT2D eigenvalue weighted by Crippen LogP contribution is -2.31. The summed E-state index contributed by atoms with van der Waals surface area (Å²) < 4.78 is 5.80. The van der Waals surface area contributed by atoms with Gasteiger partial charge in [-0.05, 0) is 49.0 Å². The van der Waals surface area contributed by atoms with E-state index in [9.17, 15) is 0 Å². The van der Waals surface area contributed by atoms with E-state index in [0.717, 1.165) is 17.0 Å². The monoisotopic (exact) mass is 350 g/mol. The van der Waals surface area contributed by atoms with Gasteiger partial charge in [0, 0.05) is 11.8 Å². The number of nitrogens with one attached hydrogen (secondary N) is 2. The minimum Gasteiger partial charge on any atom is -0.455 e. The van der Waals surface area contributed by atoms with Crippen LogP contribution in [-0.4, -0.2) is 16.3 Å². The van der Waals surface area contributed by atoms with Gasteiger partial charge in [-0.25, -0.2) is 0 Å². The molecular weight excluding hydrogens is 332 g/mol. The molecule has 0 saturated carbocycles. The highest BCUT2D eigenvalue weighted by molar-refractivity contribution is 7.80. The van der Waals surface area contributed by atoms with Crippen LogP contribution in [0.1, 0.15) is 17.0 Å². The molecule has 0 unspecified atom stereocenters. The van der Waals surface area contributed by atoms with E-state index in [4.69, 9.17) is 16.6 Å². The van der Waals surface area contributed by atoms with Gasteiger partial charge < -0.3 is 9.73 Å². The van der Waals surface area contributed by atoms with Gasteiger partial charge in [0.05, 0.1) is 18.5 Å². The summed E-state index contributed by atoms with van der Waals surface area (Å²) in [6, 6.07) is 17.6. The number of hydrazone groups is 1. The van der Waals surface area contributed by atoms with Gasteiger partial charge in [0.2, 0.25) is 0 Å². The highest BCUT2D eigenvalue weighted by Crippen LogP contribution is 2.24. The molecule has 1 aromatic carbocycles. The Bertz CT molecular complexity index is 874. The van der Waals surface area contributed by atoms with Crippen LogP contribution in [0.15, 0.2) is 70.3 Å². The lowest BCUT2D eigenvalue weighted by Gasteiger charge is -2.05. The molecule has 2 aromatic heterocycles. The largest absolute Gasteiger partial charge is 0.455 e. The summed E-state index contributed by atoms with van der Waals surface area (Å²) in [6.45, 7) is 2.60. The fourth-order valence-electron chi connectivity index (χ4n) is 2.28. The SMILES string of the molecule is Cc1ccccc1-c1ccc(C=NNC(=S)NCc2ccccn2)o1. The number of aryl methyl sites for hydroxylation is 1. The van der Waals surface area contributed by atoms with E-state index in [-0.39, 0.29) is 0 Å². The van der Waals surface area contributed by atoms with Gasteiger partial charge in [0.15, 0.2) is 5.11 Å². The molecule has 5 nitrogen and oxygen atoms in total. The van der Waals surface area contributed by atoms with E-state index in [1.54, 1.807) is 12.4 Å². The molecule has 0 aliphatic heterocycles. The molecule has 3 aromatic rings. The third kappa shape index (κ3) is 4.74. The Labute approximate surface area is 151 Å². The summed E-state index contributed by atoms with van der Waals surface area (Å²) in [6.07, 6.45) is 3.34. The standard InChI is InChI=1S/C19H18N4OS/c1-14-6-2-3-8-17(14)18-10-9-16(24-18)13-22-23-19(25)21-12-15-7-4-5-11-20-15/h2-11,13H,12H2,1H3,(H2,21,23,25). The van der Waals surface area contributed by atoms with Crippen LogP contribution >= 0.6 is 12.2 Å². The zero-order valence-corrected chi connectivity index (χ0v) is 14.6. The molecule has 2 N–H and O–H groups in total. The van der Waals surface area contributed by atoms with E-state index in [1.807, 2.05) is 48.5 Å². The van der Waals surface area contributed by atoms with Gasteiger partial charge in [0.1, 0.15) is 11.5 Å². The number of benzene rings is 1. The molecule has 2 heterocycles. The quantitative estimate of drug-likeness (QED) is 0.418. The van der Waals surface area contributed by atoms with Crippen LogP contribution < -0.4 is 10.7 Å². The predicted octanol–water partition coefficient (Wildman–Crippen LogP) is 3.65. The average molecular weight is 350 g/mol. The summed E-state index contributed by atoms with van der Waals surface area (Å²) in [4.78, 5) is 4.21. The first-order chi connectivity index (χ1) is 12.2.